The van der Waals surface area contributed by atoms with E-state index in [-0.39, 0.29) is 18.0 Å². The number of pyridine rings is 1. The van der Waals surface area contributed by atoms with Crippen LogP contribution in [0, 0.1) is 0 Å². The van der Waals surface area contributed by atoms with Crippen molar-refractivity contribution in [1.82, 2.24) is 9.99 Å². The molecule has 0 unspecified atom stereocenters. The third kappa shape index (κ3) is 6.42. The Kier molecular flexibility index (Phi) is 7.99. The van der Waals surface area contributed by atoms with Gasteiger partial charge in [-0.25, -0.2) is 9.99 Å². The van der Waals surface area contributed by atoms with Crippen molar-refractivity contribution in [2.45, 2.75) is 33.4 Å². The first-order chi connectivity index (χ1) is 14.6. The lowest BCUT2D eigenvalue weighted by atomic mass is 10.1. The summed E-state index contributed by atoms with van der Waals surface area (Å²) in [5.74, 6) is -0.883. The van der Waals surface area contributed by atoms with E-state index in [2.05, 4.69) is 22.0 Å². The van der Waals surface area contributed by atoms with Crippen LogP contribution in [0.1, 0.15) is 38.4 Å². The number of carbonyl (C=O) groups excluding carboxylic acids is 1. The second kappa shape index (κ2) is 10.3. The van der Waals surface area contributed by atoms with Crippen molar-refractivity contribution in [3.63, 3.8) is 0 Å². The van der Waals surface area contributed by atoms with Gasteiger partial charge in [0.25, 0.3) is 5.91 Å². The van der Waals surface area contributed by atoms with Crippen molar-refractivity contribution in [3.8, 4) is 0 Å². The summed E-state index contributed by atoms with van der Waals surface area (Å²) in [4.78, 5) is 16.2. The molecule has 2 aromatic rings. The highest BCUT2D eigenvalue weighted by molar-refractivity contribution is 6.42. The van der Waals surface area contributed by atoms with E-state index >= 15 is 0 Å². The summed E-state index contributed by atoms with van der Waals surface area (Å²) in [6.07, 6.45) is -2.60. The van der Waals surface area contributed by atoms with Crippen LogP contribution in [0.2, 0.25) is 5.02 Å². The molecule has 0 saturated carbocycles. The monoisotopic (exact) mass is 450 g/mol. The number of benzene rings is 1. The lowest BCUT2D eigenvalue weighted by Gasteiger charge is -2.24. The molecule has 2 rings (SSSR count). The summed E-state index contributed by atoms with van der Waals surface area (Å²) < 4.78 is 38.6. The fourth-order valence-electron chi connectivity index (χ4n) is 2.65. The van der Waals surface area contributed by atoms with Gasteiger partial charge >= 0.3 is 6.18 Å². The van der Waals surface area contributed by atoms with E-state index in [1.807, 2.05) is 6.07 Å². The minimum absolute atomic E-state index is 0.0867. The first-order valence-electron chi connectivity index (χ1n) is 9.37. The number of allylic oxidation sites excluding steroid dienone is 2. The summed E-state index contributed by atoms with van der Waals surface area (Å²) >= 11 is 6.09. The molecule has 164 valence electrons. The van der Waals surface area contributed by atoms with Crippen LogP contribution >= 0.6 is 11.6 Å². The Labute approximate surface area is 183 Å². The zero-order chi connectivity index (χ0) is 23.2. The minimum atomic E-state index is -4.61. The molecule has 0 fully saturated rings. The molecule has 1 amide bonds. The van der Waals surface area contributed by atoms with Crippen LogP contribution < -0.4 is 5.32 Å². The van der Waals surface area contributed by atoms with Crippen molar-refractivity contribution >= 4 is 34.7 Å². The molecule has 1 aromatic heterocycles. The molecule has 0 radical (unpaired) electrons. The van der Waals surface area contributed by atoms with Gasteiger partial charge in [0, 0.05) is 16.3 Å². The molecule has 1 aromatic carbocycles. The minimum Gasteiger partial charge on any atom is -0.305 e. The highest BCUT2D eigenvalue weighted by atomic mass is 35.5. The predicted molar refractivity (Wildman–Crippen MR) is 117 cm³/mol. The average molecular weight is 451 g/mol. The van der Waals surface area contributed by atoms with Gasteiger partial charge in [0.2, 0.25) is 0 Å². The molecule has 5 nitrogen and oxygen atoms in total. The number of hydrogen-bond acceptors (Lipinski definition) is 4. The van der Waals surface area contributed by atoms with Gasteiger partial charge < -0.3 is 5.32 Å². The summed E-state index contributed by atoms with van der Waals surface area (Å²) in [6, 6.07) is 10.4. The fourth-order valence-corrected chi connectivity index (χ4v) is 2.84. The van der Waals surface area contributed by atoms with Gasteiger partial charge in [-0.1, -0.05) is 49.4 Å². The van der Waals surface area contributed by atoms with E-state index in [1.54, 1.807) is 45.0 Å². The Balaban J connectivity index is 2.36. The van der Waals surface area contributed by atoms with Gasteiger partial charge in [0.1, 0.15) is 17.2 Å². The van der Waals surface area contributed by atoms with Crippen LogP contribution in [-0.4, -0.2) is 21.6 Å². The number of nitrogens with one attached hydrogen (secondary N) is 1. The van der Waals surface area contributed by atoms with E-state index in [4.69, 9.17) is 11.6 Å². The first-order valence-corrected chi connectivity index (χ1v) is 9.75. The first kappa shape index (κ1) is 24.1. The summed E-state index contributed by atoms with van der Waals surface area (Å²) in [5, 5.41) is 8.82. The van der Waals surface area contributed by atoms with Crippen molar-refractivity contribution in [2.75, 3.05) is 5.32 Å². The topological polar surface area (TPSA) is 57.6 Å². The van der Waals surface area contributed by atoms with Crippen LogP contribution in [0.3, 0.4) is 0 Å². The lowest BCUT2D eigenvalue weighted by Crippen LogP contribution is -2.27. The highest BCUT2D eigenvalue weighted by Crippen LogP contribution is 2.28. The zero-order valence-electron chi connectivity index (χ0n) is 17.3. The second-order valence-electron chi connectivity index (χ2n) is 6.49. The van der Waals surface area contributed by atoms with Gasteiger partial charge in [0.15, 0.2) is 0 Å². The number of halogens is 4. The Bertz CT molecular complexity index is 1030. The van der Waals surface area contributed by atoms with E-state index in [0.717, 1.165) is 11.6 Å². The number of alkyl halides is 3. The number of hydrazone groups is 1. The van der Waals surface area contributed by atoms with E-state index in [0.29, 0.717) is 16.4 Å². The molecule has 1 N–H and O–H groups in total. The van der Waals surface area contributed by atoms with Gasteiger partial charge in [0.05, 0.1) is 5.70 Å². The molecule has 0 atom stereocenters. The number of amides is 1. The van der Waals surface area contributed by atoms with E-state index in [9.17, 15) is 18.0 Å². The number of aromatic nitrogens is 1. The zero-order valence-corrected chi connectivity index (χ0v) is 18.1. The molecular formula is C22H22ClF3N4O. The molecular weight excluding hydrogens is 429 g/mol. The standard InChI is InChI=1S/C22H22ClF3N4O/c1-5-17(21(31)28-20-12-8-11-19(27-20)22(24,25)26)29-30(14(3)4)18(6-2)15-9-7-10-16(23)13-15/h6-13H,3,5H2,1-2,4H3,(H,27,28,31)/b18-6-,29-17+. The van der Waals surface area contributed by atoms with Crippen molar-refractivity contribution < 1.29 is 18.0 Å². The third-order valence-corrected chi connectivity index (χ3v) is 4.32. The number of anilines is 1. The highest BCUT2D eigenvalue weighted by Gasteiger charge is 2.32. The Morgan fingerprint density at radius 2 is 1.97 bits per heavy atom. The van der Waals surface area contributed by atoms with Crippen molar-refractivity contribution in [1.29, 1.82) is 0 Å². The van der Waals surface area contributed by atoms with Gasteiger partial charge in [-0.3, -0.25) is 4.79 Å². The van der Waals surface area contributed by atoms with Crippen LogP contribution in [0.4, 0.5) is 19.0 Å². The van der Waals surface area contributed by atoms with Crippen LogP contribution in [-0.2, 0) is 11.0 Å². The lowest BCUT2D eigenvalue weighted by molar-refractivity contribution is -0.141. The van der Waals surface area contributed by atoms with E-state index < -0.39 is 17.8 Å². The number of carbonyl (C=O) groups is 1. The number of rotatable bonds is 7. The van der Waals surface area contributed by atoms with Gasteiger partial charge in [-0.2, -0.15) is 18.3 Å². The SMILES string of the molecule is C=C(C)N(/N=C(\CC)C(=O)Nc1cccc(C(F)(F)F)n1)/C(=C\C)c1cccc(Cl)c1. The summed E-state index contributed by atoms with van der Waals surface area (Å²) in [5.41, 5.74) is 0.928. The Morgan fingerprint density at radius 3 is 2.52 bits per heavy atom. The van der Waals surface area contributed by atoms with Crippen LogP contribution in [0.15, 0.2) is 65.9 Å². The molecule has 9 heteroatoms. The van der Waals surface area contributed by atoms with Crippen molar-refractivity contribution in [2.24, 2.45) is 5.10 Å². The maximum Gasteiger partial charge on any atom is 0.433 e. The van der Waals surface area contributed by atoms with Crippen LogP contribution in [0.5, 0.6) is 0 Å². The number of nitrogens with zero attached hydrogens (tertiary/aromatic N) is 3. The fraction of sp³-hybridized carbons (Fsp3) is 0.227. The molecule has 0 spiro atoms. The van der Waals surface area contributed by atoms with Crippen LogP contribution in [0.25, 0.3) is 5.70 Å². The Hall–Kier alpha value is -3.13. The van der Waals surface area contributed by atoms with Gasteiger partial charge in [-0.15, -0.1) is 0 Å². The van der Waals surface area contributed by atoms with Crippen molar-refractivity contribution in [3.05, 3.63) is 77.1 Å². The smallest absolute Gasteiger partial charge is 0.305 e. The maximum absolute atomic E-state index is 12.9. The normalized spacial score (nSPS) is 12.5. The molecule has 0 aliphatic heterocycles. The van der Waals surface area contributed by atoms with Gasteiger partial charge in [-0.05, 0) is 44.5 Å². The molecule has 0 aliphatic rings. The average Bonchev–Trinajstić information content (AvgIpc) is 2.70. The molecule has 0 saturated heterocycles. The largest absolute Gasteiger partial charge is 0.433 e. The quantitative estimate of drug-likeness (QED) is 0.394. The molecule has 0 bridgehead atoms. The molecule has 31 heavy (non-hydrogen) atoms. The summed E-state index contributed by atoms with van der Waals surface area (Å²) in [6.45, 7) is 9.15. The third-order valence-electron chi connectivity index (χ3n) is 4.08. The molecule has 0 aliphatic carbocycles. The maximum atomic E-state index is 12.9. The Morgan fingerprint density at radius 1 is 1.29 bits per heavy atom. The molecule has 1 heterocycles. The number of hydrogen-bond donors (Lipinski definition) is 1. The second-order valence-corrected chi connectivity index (χ2v) is 6.93. The van der Waals surface area contributed by atoms with E-state index in [1.165, 1.54) is 17.1 Å². The summed E-state index contributed by atoms with van der Waals surface area (Å²) in [7, 11) is 0. The predicted octanol–water partition coefficient (Wildman–Crippen LogP) is 6.35.